The van der Waals surface area contributed by atoms with Crippen LogP contribution in [0.1, 0.15) is 27.7 Å². The van der Waals surface area contributed by atoms with Gasteiger partial charge in [0.2, 0.25) is 0 Å². The Kier molecular flexibility index (Phi) is 4.67. The molecule has 24 heavy (non-hydrogen) atoms. The van der Waals surface area contributed by atoms with Gasteiger partial charge in [-0.05, 0) is 51.3 Å². The van der Waals surface area contributed by atoms with Gasteiger partial charge in [-0.15, -0.1) is 11.3 Å². The first-order chi connectivity index (χ1) is 11.2. The minimum atomic E-state index is -0.461. The van der Waals surface area contributed by atoms with Gasteiger partial charge in [-0.1, -0.05) is 17.7 Å². The number of benzene rings is 1. The number of hydrogen-bond donors (Lipinski definition) is 0. The number of ether oxygens (including phenoxy) is 1. The summed E-state index contributed by atoms with van der Waals surface area (Å²) in [5, 5.41) is 1.18. The van der Waals surface area contributed by atoms with E-state index in [0.29, 0.717) is 6.54 Å². The van der Waals surface area contributed by atoms with Crippen LogP contribution in [-0.4, -0.2) is 42.3 Å². The average Bonchev–Trinajstić information content (AvgIpc) is 2.84. The van der Waals surface area contributed by atoms with Crippen molar-refractivity contribution in [2.45, 2.75) is 39.3 Å². The smallest absolute Gasteiger partial charge is 0.410 e. The second-order valence-electron chi connectivity index (χ2n) is 7.24. The van der Waals surface area contributed by atoms with Crippen LogP contribution in [0, 0.1) is 0 Å². The molecule has 1 fully saturated rings. The number of nitrogens with zero attached hydrogens (tertiary/aromatic N) is 2. The number of fused-ring (bicyclic) bond motifs is 1. The molecule has 1 aliphatic rings. The Morgan fingerprint density at radius 2 is 2.04 bits per heavy atom. The van der Waals surface area contributed by atoms with Gasteiger partial charge in [-0.25, -0.2) is 4.79 Å². The maximum absolute atomic E-state index is 12.3. The number of thiophene rings is 1. The van der Waals surface area contributed by atoms with Gasteiger partial charge in [0.05, 0.1) is 4.34 Å². The van der Waals surface area contributed by atoms with Crippen molar-refractivity contribution in [3.63, 3.8) is 0 Å². The van der Waals surface area contributed by atoms with Crippen molar-refractivity contribution in [1.29, 1.82) is 0 Å². The van der Waals surface area contributed by atoms with Crippen LogP contribution in [0.5, 0.6) is 0 Å². The van der Waals surface area contributed by atoms with Gasteiger partial charge in [-0.3, -0.25) is 0 Å². The summed E-state index contributed by atoms with van der Waals surface area (Å²) in [5.74, 6) is 0. The van der Waals surface area contributed by atoms with Crippen molar-refractivity contribution in [1.82, 2.24) is 4.90 Å². The van der Waals surface area contributed by atoms with E-state index in [4.69, 9.17) is 16.3 Å². The molecule has 0 aliphatic carbocycles. The third kappa shape index (κ3) is 3.78. The second kappa shape index (κ2) is 6.45. The van der Waals surface area contributed by atoms with E-state index in [1.165, 1.54) is 15.8 Å². The fourth-order valence-corrected chi connectivity index (χ4v) is 4.16. The molecular formula is C18H23ClN2O2S. The molecule has 4 nitrogen and oxygen atoms in total. The Hall–Kier alpha value is -1.46. The third-order valence-electron chi connectivity index (χ3n) is 4.09. The largest absolute Gasteiger partial charge is 0.444 e. The second-order valence-corrected chi connectivity index (χ2v) is 8.96. The van der Waals surface area contributed by atoms with Gasteiger partial charge in [0.25, 0.3) is 0 Å². The topological polar surface area (TPSA) is 32.8 Å². The van der Waals surface area contributed by atoms with E-state index in [1.54, 1.807) is 11.3 Å². The lowest BCUT2D eigenvalue weighted by molar-refractivity contribution is 0.0159. The number of hydrogen-bond acceptors (Lipinski definition) is 4. The molecule has 0 radical (unpaired) electrons. The van der Waals surface area contributed by atoms with Crippen LogP contribution >= 0.6 is 22.9 Å². The summed E-state index contributed by atoms with van der Waals surface area (Å²) in [4.78, 5) is 16.5. The van der Waals surface area contributed by atoms with Crippen LogP contribution in [0.4, 0.5) is 10.5 Å². The summed E-state index contributed by atoms with van der Waals surface area (Å²) in [5.41, 5.74) is 0.717. The Bertz CT molecular complexity index is 753. The summed E-state index contributed by atoms with van der Waals surface area (Å²) >= 11 is 7.70. The molecule has 6 heteroatoms. The number of amides is 1. The van der Waals surface area contributed by atoms with Crippen molar-refractivity contribution in [3.05, 3.63) is 28.6 Å². The standard InChI is InChI=1S/C18H23ClN2O2S/c1-12-11-20(7-8-21(12)17(22)23-18(2,3)4)14-6-5-13-9-16(19)24-15(13)10-14/h5-6,9-10,12H,7-8,11H2,1-4H3/t12-/m1/s1. The average molecular weight is 367 g/mol. The summed E-state index contributed by atoms with van der Waals surface area (Å²) in [7, 11) is 0. The van der Waals surface area contributed by atoms with Crippen molar-refractivity contribution in [3.8, 4) is 0 Å². The first kappa shape index (κ1) is 17.4. The van der Waals surface area contributed by atoms with Crippen LogP contribution in [0.15, 0.2) is 24.3 Å². The normalized spacial score (nSPS) is 19.0. The molecule has 0 saturated carbocycles. The van der Waals surface area contributed by atoms with Crippen LogP contribution < -0.4 is 4.90 Å². The number of carbonyl (C=O) groups excluding carboxylic acids is 1. The zero-order chi connectivity index (χ0) is 17.5. The van der Waals surface area contributed by atoms with Crippen molar-refractivity contribution in [2.24, 2.45) is 0 Å². The Labute approximate surface area is 151 Å². The molecule has 1 amide bonds. The van der Waals surface area contributed by atoms with Gasteiger partial charge < -0.3 is 14.5 Å². The maximum Gasteiger partial charge on any atom is 0.410 e. The zero-order valence-corrected chi connectivity index (χ0v) is 16.1. The van der Waals surface area contributed by atoms with E-state index in [1.807, 2.05) is 31.7 Å². The molecule has 1 saturated heterocycles. The molecule has 0 N–H and O–H groups in total. The minimum absolute atomic E-state index is 0.108. The fourth-order valence-electron chi connectivity index (χ4n) is 2.97. The molecule has 0 spiro atoms. The maximum atomic E-state index is 12.3. The Morgan fingerprint density at radius 3 is 2.71 bits per heavy atom. The summed E-state index contributed by atoms with van der Waals surface area (Å²) in [6, 6.07) is 8.52. The van der Waals surface area contributed by atoms with Gasteiger partial charge in [-0.2, -0.15) is 0 Å². The summed E-state index contributed by atoms with van der Waals surface area (Å²) in [6.07, 6.45) is -0.227. The highest BCUT2D eigenvalue weighted by Crippen LogP contribution is 2.33. The van der Waals surface area contributed by atoms with Crippen LogP contribution in [0.3, 0.4) is 0 Å². The molecule has 1 aromatic heterocycles. The van der Waals surface area contributed by atoms with E-state index in [-0.39, 0.29) is 12.1 Å². The number of halogens is 1. The van der Waals surface area contributed by atoms with Crippen LogP contribution in [-0.2, 0) is 4.74 Å². The monoisotopic (exact) mass is 366 g/mol. The highest BCUT2D eigenvalue weighted by Gasteiger charge is 2.30. The third-order valence-corrected chi connectivity index (χ3v) is 5.32. The quantitative estimate of drug-likeness (QED) is 0.711. The first-order valence-electron chi connectivity index (χ1n) is 8.16. The number of carbonyl (C=O) groups is 1. The van der Waals surface area contributed by atoms with Gasteiger partial charge in [0.1, 0.15) is 5.60 Å². The van der Waals surface area contributed by atoms with Crippen LogP contribution in [0.25, 0.3) is 10.1 Å². The Morgan fingerprint density at radius 1 is 1.29 bits per heavy atom. The van der Waals surface area contributed by atoms with E-state index in [2.05, 4.69) is 30.0 Å². The number of rotatable bonds is 1. The molecule has 1 aliphatic heterocycles. The lowest BCUT2D eigenvalue weighted by Gasteiger charge is -2.41. The highest BCUT2D eigenvalue weighted by atomic mass is 35.5. The molecule has 0 bridgehead atoms. The first-order valence-corrected chi connectivity index (χ1v) is 9.36. The van der Waals surface area contributed by atoms with Gasteiger partial charge >= 0.3 is 6.09 Å². The summed E-state index contributed by atoms with van der Waals surface area (Å²) < 4.78 is 7.51. The predicted molar refractivity (Wildman–Crippen MR) is 101 cm³/mol. The fraction of sp³-hybridized carbons (Fsp3) is 0.500. The zero-order valence-electron chi connectivity index (χ0n) is 14.5. The van der Waals surface area contributed by atoms with Crippen molar-refractivity contribution >= 4 is 44.8 Å². The molecule has 3 rings (SSSR count). The predicted octanol–water partition coefficient (Wildman–Crippen LogP) is 5.00. The lowest BCUT2D eigenvalue weighted by atomic mass is 10.1. The van der Waals surface area contributed by atoms with Gasteiger partial charge in [0, 0.05) is 36.1 Å². The molecule has 1 aromatic carbocycles. The molecule has 2 heterocycles. The molecule has 0 unspecified atom stereocenters. The van der Waals surface area contributed by atoms with E-state index < -0.39 is 5.60 Å². The number of anilines is 1. The van der Waals surface area contributed by atoms with E-state index in [0.717, 1.165) is 17.4 Å². The molecule has 130 valence electrons. The Balaban J connectivity index is 1.71. The van der Waals surface area contributed by atoms with Crippen molar-refractivity contribution < 1.29 is 9.53 Å². The highest BCUT2D eigenvalue weighted by molar-refractivity contribution is 7.22. The summed E-state index contributed by atoms with van der Waals surface area (Å²) in [6.45, 7) is 10.0. The van der Waals surface area contributed by atoms with Crippen LogP contribution in [0.2, 0.25) is 4.34 Å². The lowest BCUT2D eigenvalue weighted by Crippen LogP contribution is -2.55. The minimum Gasteiger partial charge on any atom is -0.444 e. The van der Waals surface area contributed by atoms with Gasteiger partial charge in [0.15, 0.2) is 0 Å². The molecular weight excluding hydrogens is 344 g/mol. The molecule has 2 aromatic rings. The van der Waals surface area contributed by atoms with E-state index >= 15 is 0 Å². The number of piperazine rings is 1. The molecule has 1 atom stereocenters. The van der Waals surface area contributed by atoms with E-state index in [9.17, 15) is 4.79 Å². The van der Waals surface area contributed by atoms with Crippen molar-refractivity contribution in [2.75, 3.05) is 24.5 Å². The SMILES string of the molecule is C[C@@H]1CN(c2ccc3cc(Cl)sc3c2)CCN1C(=O)OC(C)(C)C.